The Labute approximate surface area is 108 Å². The van der Waals surface area contributed by atoms with Gasteiger partial charge < -0.3 is 11.1 Å². The zero-order valence-corrected chi connectivity index (χ0v) is 10.7. The van der Waals surface area contributed by atoms with Crippen molar-refractivity contribution in [2.24, 2.45) is 0 Å². The van der Waals surface area contributed by atoms with Crippen molar-refractivity contribution >= 4 is 17.1 Å². The molecule has 0 heterocycles. The van der Waals surface area contributed by atoms with Crippen molar-refractivity contribution in [1.82, 2.24) is 0 Å². The Balaban J connectivity index is 1.90. The summed E-state index contributed by atoms with van der Waals surface area (Å²) in [6.07, 6.45) is 3.71. The molecule has 0 radical (unpaired) electrons. The molecule has 1 aliphatic carbocycles. The maximum Gasteiger partial charge on any atom is 0.0620 e. The summed E-state index contributed by atoms with van der Waals surface area (Å²) < 4.78 is 0. The predicted octanol–water partition coefficient (Wildman–Crippen LogP) is 3.81. The lowest BCUT2D eigenvalue weighted by molar-refractivity contribution is 0.912. The van der Waals surface area contributed by atoms with Crippen molar-refractivity contribution in [3.8, 4) is 0 Å². The van der Waals surface area contributed by atoms with E-state index >= 15 is 0 Å². The van der Waals surface area contributed by atoms with Crippen LogP contribution >= 0.6 is 0 Å². The van der Waals surface area contributed by atoms with Gasteiger partial charge in [0, 0.05) is 5.69 Å². The van der Waals surface area contributed by atoms with Crippen LogP contribution in [0, 0.1) is 6.92 Å². The molecule has 2 aromatic carbocycles. The SMILES string of the molecule is Cc1cccc(Nc2ccc3c(c2)CCC3)c1N. The van der Waals surface area contributed by atoms with Gasteiger partial charge in [0.25, 0.3) is 0 Å². The molecule has 0 aromatic heterocycles. The molecule has 0 unspecified atom stereocenters. The Morgan fingerprint density at radius 1 is 1.06 bits per heavy atom. The number of anilines is 3. The fourth-order valence-corrected chi connectivity index (χ4v) is 2.59. The second-order valence-electron chi connectivity index (χ2n) is 5.00. The minimum Gasteiger partial charge on any atom is -0.397 e. The number of hydrogen-bond donors (Lipinski definition) is 2. The number of nitrogens with one attached hydrogen (secondary N) is 1. The van der Waals surface area contributed by atoms with E-state index in [0.29, 0.717) is 0 Å². The number of fused-ring (bicyclic) bond motifs is 1. The summed E-state index contributed by atoms with van der Waals surface area (Å²) in [5.41, 5.74) is 13.1. The van der Waals surface area contributed by atoms with Crippen molar-refractivity contribution < 1.29 is 0 Å². The average molecular weight is 238 g/mol. The smallest absolute Gasteiger partial charge is 0.0620 e. The molecule has 0 saturated heterocycles. The Morgan fingerprint density at radius 3 is 2.78 bits per heavy atom. The first-order chi connectivity index (χ1) is 8.74. The number of rotatable bonds is 2. The summed E-state index contributed by atoms with van der Waals surface area (Å²) in [4.78, 5) is 0. The van der Waals surface area contributed by atoms with E-state index in [1.165, 1.54) is 30.4 Å². The fraction of sp³-hybridized carbons (Fsp3) is 0.250. The standard InChI is InChI=1S/C16H18N2/c1-11-4-2-7-15(16(11)17)18-14-9-8-12-5-3-6-13(12)10-14/h2,4,7-10,18H,3,5-6,17H2,1H3. The van der Waals surface area contributed by atoms with E-state index in [1.807, 2.05) is 25.1 Å². The van der Waals surface area contributed by atoms with E-state index in [1.54, 1.807) is 0 Å². The number of nitrogen functional groups attached to an aromatic ring is 1. The quantitative estimate of drug-likeness (QED) is 0.781. The molecule has 2 nitrogen and oxygen atoms in total. The molecule has 3 rings (SSSR count). The number of benzene rings is 2. The van der Waals surface area contributed by atoms with Gasteiger partial charge in [-0.25, -0.2) is 0 Å². The topological polar surface area (TPSA) is 38.0 Å². The molecule has 2 aromatic rings. The van der Waals surface area contributed by atoms with Crippen molar-refractivity contribution in [2.75, 3.05) is 11.1 Å². The molecule has 18 heavy (non-hydrogen) atoms. The predicted molar refractivity (Wildman–Crippen MR) is 77.3 cm³/mol. The molecule has 0 aliphatic heterocycles. The normalized spacial score (nSPS) is 13.4. The first-order valence-electron chi connectivity index (χ1n) is 6.48. The van der Waals surface area contributed by atoms with Gasteiger partial charge in [-0.15, -0.1) is 0 Å². The molecule has 0 amide bonds. The monoisotopic (exact) mass is 238 g/mol. The van der Waals surface area contributed by atoms with Crippen LogP contribution in [0.5, 0.6) is 0 Å². The molecule has 0 bridgehead atoms. The maximum absolute atomic E-state index is 6.08. The van der Waals surface area contributed by atoms with Crippen LogP contribution < -0.4 is 11.1 Å². The van der Waals surface area contributed by atoms with Crippen LogP contribution in [0.3, 0.4) is 0 Å². The van der Waals surface area contributed by atoms with E-state index < -0.39 is 0 Å². The maximum atomic E-state index is 6.08. The van der Waals surface area contributed by atoms with Gasteiger partial charge in [-0.1, -0.05) is 18.2 Å². The lowest BCUT2D eigenvalue weighted by Gasteiger charge is -2.12. The Hall–Kier alpha value is -1.96. The molecule has 0 fully saturated rings. The van der Waals surface area contributed by atoms with Crippen LogP contribution in [-0.4, -0.2) is 0 Å². The fourth-order valence-electron chi connectivity index (χ4n) is 2.59. The highest BCUT2D eigenvalue weighted by atomic mass is 14.9. The first-order valence-corrected chi connectivity index (χ1v) is 6.48. The summed E-state index contributed by atoms with van der Waals surface area (Å²) in [5.74, 6) is 0. The zero-order chi connectivity index (χ0) is 12.5. The summed E-state index contributed by atoms with van der Waals surface area (Å²) in [5, 5.41) is 3.42. The number of nitrogens with two attached hydrogens (primary N) is 1. The number of hydrogen-bond acceptors (Lipinski definition) is 2. The Morgan fingerprint density at radius 2 is 1.89 bits per heavy atom. The van der Waals surface area contributed by atoms with Crippen molar-refractivity contribution in [3.05, 3.63) is 53.1 Å². The summed E-state index contributed by atoms with van der Waals surface area (Å²) in [6, 6.07) is 12.7. The van der Waals surface area contributed by atoms with Crippen LogP contribution in [0.1, 0.15) is 23.1 Å². The van der Waals surface area contributed by atoms with Crippen molar-refractivity contribution in [3.63, 3.8) is 0 Å². The van der Waals surface area contributed by atoms with Gasteiger partial charge in [-0.2, -0.15) is 0 Å². The summed E-state index contributed by atoms with van der Waals surface area (Å²) in [7, 11) is 0. The van der Waals surface area contributed by atoms with E-state index in [4.69, 9.17) is 5.73 Å². The second-order valence-corrected chi connectivity index (χ2v) is 5.00. The third kappa shape index (κ3) is 1.94. The lowest BCUT2D eigenvalue weighted by atomic mass is 10.1. The molecule has 0 saturated carbocycles. The lowest BCUT2D eigenvalue weighted by Crippen LogP contribution is -1.98. The number of para-hydroxylation sites is 1. The Bertz CT molecular complexity index is 588. The van der Waals surface area contributed by atoms with Gasteiger partial charge in [0.1, 0.15) is 0 Å². The molecular formula is C16H18N2. The third-order valence-electron chi connectivity index (χ3n) is 3.70. The van der Waals surface area contributed by atoms with Crippen LogP contribution in [0.25, 0.3) is 0 Å². The highest BCUT2D eigenvalue weighted by Crippen LogP contribution is 2.29. The summed E-state index contributed by atoms with van der Waals surface area (Å²) >= 11 is 0. The second kappa shape index (κ2) is 4.37. The van der Waals surface area contributed by atoms with Crippen LogP contribution in [0.2, 0.25) is 0 Å². The van der Waals surface area contributed by atoms with Crippen LogP contribution in [0.15, 0.2) is 36.4 Å². The van der Waals surface area contributed by atoms with Crippen LogP contribution in [0.4, 0.5) is 17.1 Å². The van der Waals surface area contributed by atoms with Gasteiger partial charge in [0.2, 0.25) is 0 Å². The van der Waals surface area contributed by atoms with Gasteiger partial charge in [0.15, 0.2) is 0 Å². The first kappa shape index (κ1) is 11.1. The molecule has 1 aliphatic rings. The highest BCUT2D eigenvalue weighted by Gasteiger charge is 2.11. The third-order valence-corrected chi connectivity index (χ3v) is 3.70. The molecule has 2 heteroatoms. The molecule has 0 spiro atoms. The largest absolute Gasteiger partial charge is 0.397 e. The number of aryl methyl sites for hydroxylation is 3. The van der Waals surface area contributed by atoms with Crippen molar-refractivity contribution in [1.29, 1.82) is 0 Å². The van der Waals surface area contributed by atoms with Gasteiger partial charge in [-0.05, 0) is 61.1 Å². The van der Waals surface area contributed by atoms with Gasteiger partial charge in [-0.3, -0.25) is 0 Å². The van der Waals surface area contributed by atoms with Crippen LogP contribution in [-0.2, 0) is 12.8 Å². The zero-order valence-electron chi connectivity index (χ0n) is 10.7. The molecule has 92 valence electrons. The van der Waals surface area contributed by atoms with Gasteiger partial charge >= 0.3 is 0 Å². The van der Waals surface area contributed by atoms with E-state index in [9.17, 15) is 0 Å². The molecule has 3 N–H and O–H groups in total. The molecule has 0 atom stereocenters. The van der Waals surface area contributed by atoms with Crippen molar-refractivity contribution in [2.45, 2.75) is 26.2 Å². The average Bonchev–Trinajstić information content (AvgIpc) is 2.82. The minimum absolute atomic E-state index is 0.831. The molecular weight excluding hydrogens is 220 g/mol. The van der Waals surface area contributed by atoms with E-state index in [2.05, 4.69) is 23.5 Å². The highest BCUT2D eigenvalue weighted by molar-refractivity contribution is 5.75. The summed E-state index contributed by atoms with van der Waals surface area (Å²) in [6.45, 7) is 2.03. The van der Waals surface area contributed by atoms with Gasteiger partial charge in [0.05, 0.1) is 11.4 Å². The van der Waals surface area contributed by atoms with E-state index in [-0.39, 0.29) is 0 Å². The van der Waals surface area contributed by atoms with E-state index in [0.717, 1.165) is 22.6 Å². The Kier molecular flexibility index (Phi) is 2.71. The minimum atomic E-state index is 0.831.